The van der Waals surface area contributed by atoms with E-state index in [9.17, 15) is 9.59 Å². The lowest BCUT2D eigenvalue weighted by Crippen LogP contribution is -2.47. The first-order valence-corrected chi connectivity index (χ1v) is 8.18. The Morgan fingerprint density at radius 2 is 1.92 bits per heavy atom. The van der Waals surface area contributed by atoms with Crippen molar-refractivity contribution in [2.24, 2.45) is 5.92 Å². The number of carbonyl (C=O) groups excluding carboxylic acids is 2. The molecule has 0 saturated carbocycles. The van der Waals surface area contributed by atoms with E-state index in [1.165, 1.54) is 0 Å². The van der Waals surface area contributed by atoms with Gasteiger partial charge >= 0.3 is 12.1 Å². The summed E-state index contributed by atoms with van der Waals surface area (Å²) in [5, 5.41) is 10.3. The third kappa shape index (κ3) is 5.44. The van der Waals surface area contributed by atoms with Crippen molar-refractivity contribution in [3.05, 3.63) is 24.3 Å². The zero-order valence-electron chi connectivity index (χ0n) is 15.1. The largest absolute Gasteiger partial charge is 0.444 e. The van der Waals surface area contributed by atoms with E-state index < -0.39 is 23.7 Å². The van der Waals surface area contributed by atoms with E-state index in [1.807, 2.05) is 19.9 Å². The molecule has 8 nitrogen and oxygen atoms in total. The summed E-state index contributed by atoms with van der Waals surface area (Å²) in [5.41, 5.74) is 0.519. The Kier molecular flexibility index (Phi) is 5.61. The van der Waals surface area contributed by atoms with Crippen molar-refractivity contribution in [2.45, 2.75) is 52.7 Å². The molecule has 0 spiro atoms. The molecule has 1 aromatic carbocycles. The second-order valence-electron chi connectivity index (χ2n) is 7.19. The minimum absolute atomic E-state index is 0.167. The van der Waals surface area contributed by atoms with Crippen LogP contribution in [0.3, 0.4) is 0 Å². The molecule has 1 amide bonds. The van der Waals surface area contributed by atoms with Crippen LogP contribution in [0.2, 0.25) is 0 Å². The molecule has 0 aliphatic heterocycles. The standard InChI is InChI=1S/C17H24N4O4/c1-11(2)10-13(18-16(23)24-17(3,4)5)15(22)25-21-14-9-7-6-8-12(14)19-20-21/h6-9,11,13H,10H2,1-5H3,(H,18,23)/t13-/m0/s1. The Balaban J connectivity index is 2.11. The molecule has 2 rings (SSSR count). The summed E-state index contributed by atoms with van der Waals surface area (Å²) in [6.07, 6.45) is -0.261. The molecule has 0 unspecified atom stereocenters. The van der Waals surface area contributed by atoms with E-state index in [4.69, 9.17) is 9.57 Å². The molecule has 2 aromatic rings. The maximum Gasteiger partial charge on any atom is 0.408 e. The van der Waals surface area contributed by atoms with Crippen molar-refractivity contribution >= 4 is 23.1 Å². The highest BCUT2D eigenvalue weighted by molar-refractivity contribution is 5.82. The molecule has 0 fully saturated rings. The molecular formula is C17H24N4O4. The average molecular weight is 348 g/mol. The molecule has 0 aliphatic rings. The second kappa shape index (κ2) is 7.50. The van der Waals surface area contributed by atoms with Crippen LogP contribution in [0.15, 0.2) is 24.3 Å². The smallest absolute Gasteiger partial charge is 0.408 e. The predicted octanol–water partition coefficient (Wildman–Crippen LogP) is 2.33. The first kappa shape index (κ1) is 18.7. The first-order valence-electron chi connectivity index (χ1n) is 8.18. The Labute approximate surface area is 146 Å². The maximum atomic E-state index is 12.5. The molecule has 1 atom stereocenters. The van der Waals surface area contributed by atoms with Crippen LogP contribution in [-0.2, 0) is 9.53 Å². The Morgan fingerprint density at radius 1 is 1.24 bits per heavy atom. The lowest BCUT2D eigenvalue weighted by Gasteiger charge is -2.23. The average Bonchev–Trinajstić information content (AvgIpc) is 2.87. The second-order valence-corrected chi connectivity index (χ2v) is 7.19. The summed E-state index contributed by atoms with van der Waals surface area (Å²) < 4.78 is 5.21. The van der Waals surface area contributed by atoms with E-state index in [0.717, 1.165) is 4.85 Å². The number of ether oxygens (including phenoxy) is 1. The molecule has 136 valence electrons. The van der Waals surface area contributed by atoms with Crippen LogP contribution in [0.5, 0.6) is 0 Å². The fraction of sp³-hybridized carbons (Fsp3) is 0.529. The van der Waals surface area contributed by atoms with E-state index >= 15 is 0 Å². The molecule has 1 aromatic heterocycles. The van der Waals surface area contributed by atoms with Gasteiger partial charge < -0.3 is 14.9 Å². The summed E-state index contributed by atoms with van der Waals surface area (Å²) in [6.45, 7) is 9.15. The van der Waals surface area contributed by atoms with Gasteiger partial charge in [0.15, 0.2) is 0 Å². The highest BCUT2D eigenvalue weighted by Gasteiger charge is 2.27. The van der Waals surface area contributed by atoms with Gasteiger partial charge in [0, 0.05) is 0 Å². The molecule has 0 aliphatic carbocycles. The molecule has 0 radical (unpaired) electrons. The Hall–Kier alpha value is -2.64. The van der Waals surface area contributed by atoms with Crippen LogP contribution >= 0.6 is 0 Å². The highest BCUT2D eigenvalue weighted by Crippen LogP contribution is 2.11. The van der Waals surface area contributed by atoms with Crippen LogP contribution in [0.1, 0.15) is 41.0 Å². The minimum atomic E-state index is -0.849. The van der Waals surface area contributed by atoms with Gasteiger partial charge in [-0.15, -0.1) is 5.10 Å². The molecule has 8 heteroatoms. The van der Waals surface area contributed by atoms with E-state index in [2.05, 4.69) is 15.6 Å². The number of hydrogen-bond donors (Lipinski definition) is 1. The van der Waals surface area contributed by atoms with Gasteiger partial charge in [0.1, 0.15) is 22.7 Å². The van der Waals surface area contributed by atoms with Crippen molar-refractivity contribution in [3.8, 4) is 0 Å². The maximum absolute atomic E-state index is 12.5. The molecule has 1 N–H and O–H groups in total. The van der Waals surface area contributed by atoms with Crippen LogP contribution in [0, 0.1) is 5.92 Å². The molecule has 0 saturated heterocycles. The number of amides is 1. The van der Waals surface area contributed by atoms with Gasteiger partial charge in [0.25, 0.3) is 0 Å². The number of nitrogens with one attached hydrogen (secondary N) is 1. The Bertz CT molecular complexity index is 748. The number of benzene rings is 1. The molecule has 1 heterocycles. The van der Waals surface area contributed by atoms with Gasteiger partial charge in [-0.1, -0.05) is 30.8 Å². The molecule has 0 bridgehead atoms. The summed E-state index contributed by atoms with van der Waals surface area (Å²) in [6, 6.07) is 6.26. The van der Waals surface area contributed by atoms with Gasteiger partial charge in [-0.05, 0) is 50.5 Å². The van der Waals surface area contributed by atoms with Crippen LogP contribution in [0.25, 0.3) is 11.0 Å². The third-order valence-corrected chi connectivity index (χ3v) is 3.18. The summed E-state index contributed by atoms with van der Waals surface area (Å²) in [4.78, 5) is 30.9. The third-order valence-electron chi connectivity index (χ3n) is 3.18. The van der Waals surface area contributed by atoms with Crippen molar-refractivity contribution in [3.63, 3.8) is 0 Å². The van der Waals surface area contributed by atoms with Crippen molar-refractivity contribution in [1.29, 1.82) is 0 Å². The fourth-order valence-electron chi connectivity index (χ4n) is 2.20. The number of nitrogens with zero attached hydrogens (tertiary/aromatic N) is 3. The van der Waals surface area contributed by atoms with Crippen molar-refractivity contribution in [2.75, 3.05) is 0 Å². The number of alkyl carbamates (subject to hydrolysis) is 1. The number of carbonyl (C=O) groups is 2. The van der Waals surface area contributed by atoms with E-state index in [0.29, 0.717) is 17.5 Å². The zero-order chi connectivity index (χ0) is 18.6. The highest BCUT2D eigenvalue weighted by atomic mass is 16.7. The molecule has 25 heavy (non-hydrogen) atoms. The van der Waals surface area contributed by atoms with Crippen LogP contribution in [0.4, 0.5) is 4.79 Å². The predicted molar refractivity (Wildman–Crippen MR) is 91.7 cm³/mol. The SMILES string of the molecule is CC(C)C[C@H](NC(=O)OC(C)(C)C)C(=O)On1nnc2ccccc21. The molecular weight excluding hydrogens is 324 g/mol. The Morgan fingerprint density at radius 3 is 2.56 bits per heavy atom. The summed E-state index contributed by atoms with van der Waals surface area (Å²) in [5.74, 6) is -0.463. The van der Waals surface area contributed by atoms with E-state index in [1.54, 1.807) is 39.0 Å². The summed E-state index contributed by atoms with van der Waals surface area (Å²) >= 11 is 0. The number of fused-ring (bicyclic) bond motifs is 1. The minimum Gasteiger partial charge on any atom is -0.444 e. The van der Waals surface area contributed by atoms with Crippen LogP contribution in [-0.4, -0.2) is 38.9 Å². The van der Waals surface area contributed by atoms with Crippen LogP contribution < -0.4 is 10.2 Å². The lowest BCUT2D eigenvalue weighted by molar-refractivity contribution is -0.148. The van der Waals surface area contributed by atoms with E-state index in [-0.39, 0.29) is 5.92 Å². The first-order chi connectivity index (χ1) is 11.7. The van der Waals surface area contributed by atoms with Crippen molar-refractivity contribution < 1.29 is 19.2 Å². The number of para-hydroxylation sites is 1. The normalized spacial score (nSPS) is 12.9. The lowest BCUT2D eigenvalue weighted by atomic mass is 10.0. The van der Waals surface area contributed by atoms with Gasteiger partial charge in [-0.2, -0.15) is 0 Å². The zero-order valence-corrected chi connectivity index (χ0v) is 15.1. The van der Waals surface area contributed by atoms with Gasteiger partial charge in [-0.3, -0.25) is 0 Å². The summed E-state index contributed by atoms with van der Waals surface area (Å²) in [7, 11) is 0. The number of rotatable bonds is 5. The number of hydrogen-bond acceptors (Lipinski definition) is 6. The van der Waals surface area contributed by atoms with Gasteiger partial charge in [0.05, 0.1) is 0 Å². The van der Waals surface area contributed by atoms with Gasteiger partial charge in [-0.25, -0.2) is 9.59 Å². The monoisotopic (exact) mass is 348 g/mol. The number of aromatic nitrogens is 3. The topological polar surface area (TPSA) is 95.3 Å². The van der Waals surface area contributed by atoms with Gasteiger partial charge in [0.2, 0.25) is 0 Å². The quantitative estimate of drug-likeness (QED) is 0.833. The van der Waals surface area contributed by atoms with Crippen molar-refractivity contribution in [1.82, 2.24) is 20.5 Å². The fourth-order valence-corrected chi connectivity index (χ4v) is 2.20.